The van der Waals surface area contributed by atoms with Gasteiger partial charge in [-0.15, -0.1) is 0 Å². The Bertz CT molecular complexity index is 358. The second kappa shape index (κ2) is 4.80. The van der Waals surface area contributed by atoms with Gasteiger partial charge in [0.25, 0.3) is 0 Å². The zero-order chi connectivity index (χ0) is 10.8. The molecule has 1 aromatic carbocycles. The molecule has 1 aliphatic carbocycles. The summed E-state index contributed by atoms with van der Waals surface area (Å²) in [5, 5.41) is 3.84. The average Bonchev–Trinajstić information content (AvgIpc) is 2.82. The van der Waals surface area contributed by atoms with Crippen molar-refractivity contribution in [3.63, 3.8) is 0 Å². The minimum atomic E-state index is 0.721. The van der Waals surface area contributed by atoms with Gasteiger partial charge in [-0.2, -0.15) is 11.8 Å². The molecule has 0 radical (unpaired) electrons. The van der Waals surface area contributed by atoms with Crippen LogP contribution in [0.3, 0.4) is 0 Å². The van der Waals surface area contributed by atoms with Gasteiger partial charge < -0.3 is 5.32 Å². The quantitative estimate of drug-likeness (QED) is 0.843. The normalized spacial score (nSPS) is 29.0. The Kier molecular flexibility index (Phi) is 3.20. The van der Waals surface area contributed by atoms with Crippen molar-refractivity contribution in [3.05, 3.63) is 35.4 Å². The predicted molar refractivity (Wildman–Crippen MR) is 71.1 cm³/mol. The minimum Gasteiger partial charge on any atom is -0.310 e. The Morgan fingerprint density at radius 3 is 2.75 bits per heavy atom. The molecule has 1 aliphatic heterocycles. The van der Waals surface area contributed by atoms with Gasteiger partial charge in [0.1, 0.15) is 0 Å². The molecule has 0 amide bonds. The summed E-state index contributed by atoms with van der Waals surface area (Å²) in [4.78, 5) is 0. The van der Waals surface area contributed by atoms with E-state index in [9.17, 15) is 0 Å². The van der Waals surface area contributed by atoms with E-state index in [1.54, 1.807) is 11.1 Å². The third kappa shape index (κ3) is 2.28. The molecule has 16 heavy (non-hydrogen) atoms. The van der Waals surface area contributed by atoms with Gasteiger partial charge in [0, 0.05) is 17.8 Å². The summed E-state index contributed by atoms with van der Waals surface area (Å²) in [6.07, 6.45) is 5.17. The summed E-state index contributed by atoms with van der Waals surface area (Å²) in [6.45, 7) is 0. The van der Waals surface area contributed by atoms with Crippen LogP contribution in [-0.4, -0.2) is 23.6 Å². The molecular formula is C14H19NS. The summed E-state index contributed by atoms with van der Waals surface area (Å²) in [6, 6.07) is 10.4. The Balaban J connectivity index is 1.63. The van der Waals surface area contributed by atoms with Gasteiger partial charge >= 0.3 is 0 Å². The van der Waals surface area contributed by atoms with E-state index < -0.39 is 0 Å². The van der Waals surface area contributed by atoms with Crippen molar-refractivity contribution in [1.29, 1.82) is 0 Å². The van der Waals surface area contributed by atoms with Gasteiger partial charge in [-0.1, -0.05) is 24.3 Å². The highest BCUT2D eigenvalue weighted by Crippen LogP contribution is 2.23. The van der Waals surface area contributed by atoms with Crippen molar-refractivity contribution in [2.45, 2.75) is 37.8 Å². The maximum absolute atomic E-state index is 3.84. The second-order valence-corrected chi connectivity index (χ2v) is 6.09. The fourth-order valence-corrected chi connectivity index (χ4v) is 4.00. The molecule has 1 nitrogen and oxygen atoms in total. The third-order valence-corrected chi connectivity index (χ3v) is 4.91. The highest BCUT2D eigenvalue weighted by Gasteiger charge is 2.22. The number of nitrogens with one attached hydrogen (secondary N) is 1. The Morgan fingerprint density at radius 1 is 1.06 bits per heavy atom. The van der Waals surface area contributed by atoms with E-state index in [4.69, 9.17) is 0 Å². The average molecular weight is 233 g/mol. The van der Waals surface area contributed by atoms with Crippen LogP contribution in [-0.2, 0) is 12.8 Å². The van der Waals surface area contributed by atoms with Crippen LogP contribution in [0.1, 0.15) is 24.0 Å². The van der Waals surface area contributed by atoms with Crippen LogP contribution < -0.4 is 5.32 Å². The number of benzene rings is 1. The largest absolute Gasteiger partial charge is 0.310 e. The number of fused-ring (bicyclic) bond motifs is 1. The van der Waals surface area contributed by atoms with E-state index in [1.165, 1.54) is 37.2 Å². The van der Waals surface area contributed by atoms with E-state index in [2.05, 4.69) is 41.3 Å². The molecule has 3 rings (SSSR count). The molecule has 1 heterocycles. The van der Waals surface area contributed by atoms with Crippen molar-refractivity contribution in [2.24, 2.45) is 0 Å². The highest BCUT2D eigenvalue weighted by atomic mass is 32.2. The van der Waals surface area contributed by atoms with E-state index in [1.807, 2.05) is 0 Å². The zero-order valence-electron chi connectivity index (χ0n) is 9.61. The summed E-state index contributed by atoms with van der Waals surface area (Å²) in [5.41, 5.74) is 3.14. The van der Waals surface area contributed by atoms with Gasteiger partial charge in [0.05, 0.1) is 0 Å². The molecule has 0 bridgehead atoms. The Labute approximate surface area is 102 Å². The lowest BCUT2D eigenvalue weighted by atomic mass is 9.88. The van der Waals surface area contributed by atoms with Crippen molar-refractivity contribution >= 4 is 11.8 Å². The predicted octanol–water partition coefficient (Wildman–Crippen LogP) is 2.64. The summed E-state index contributed by atoms with van der Waals surface area (Å²) >= 11 is 2.09. The fourth-order valence-electron chi connectivity index (χ4n) is 2.84. The number of rotatable bonds is 2. The maximum atomic E-state index is 3.84. The van der Waals surface area contributed by atoms with Crippen LogP contribution in [0.15, 0.2) is 24.3 Å². The SMILES string of the molecule is c1ccc2c(c1)CCC(NC1CCSC1)C2. The van der Waals surface area contributed by atoms with Crippen LogP contribution >= 0.6 is 11.8 Å². The van der Waals surface area contributed by atoms with Gasteiger partial charge in [-0.3, -0.25) is 0 Å². The Hall–Kier alpha value is -0.470. The van der Waals surface area contributed by atoms with Crippen molar-refractivity contribution < 1.29 is 0 Å². The first-order valence-electron chi connectivity index (χ1n) is 6.32. The van der Waals surface area contributed by atoms with Crippen LogP contribution in [0, 0.1) is 0 Å². The zero-order valence-corrected chi connectivity index (χ0v) is 10.4. The smallest absolute Gasteiger partial charge is 0.0168 e. The van der Waals surface area contributed by atoms with Gasteiger partial charge in [0.15, 0.2) is 0 Å². The first-order valence-corrected chi connectivity index (χ1v) is 7.48. The van der Waals surface area contributed by atoms with Crippen LogP contribution in [0.25, 0.3) is 0 Å². The number of thioether (sulfide) groups is 1. The van der Waals surface area contributed by atoms with Crippen molar-refractivity contribution in [2.75, 3.05) is 11.5 Å². The molecule has 2 heteroatoms. The molecule has 1 saturated heterocycles. The van der Waals surface area contributed by atoms with Crippen molar-refractivity contribution in [3.8, 4) is 0 Å². The monoisotopic (exact) mass is 233 g/mol. The molecule has 1 aromatic rings. The lowest BCUT2D eigenvalue weighted by Crippen LogP contribution is -2.41. The summed E-state index contributed by atoms with van der Waals surface area (Å²) in [7, 11) is 0. The lowest BCUT2D eigenvalue weighted by Gasteiger charge is -2.28. The van der Waals surface area contributed by atoms with E-state index in [0.29, 0.717) is 0 Å². The number of aryl methyl sites for hydroxylation is 1. The first-order chi connectivity index (χ1) is 7.92. The van der Waals surface area contributed by atoms with E-state index >= 15 is 0 Å². The Morgan fingerprint density at radius 2 is 1.94 bits per heavy atom. The van der Waals surface area contributed by atoms with Crippen LogP contribution in [0.4, 0.5) is 0 Å². The number of hydrogen-bond donors (Lipinski definition) is 1. The van der Waals surface area contributed by atoms with E-state index in [-0.39, 0.29) is 0 Å². The molecule has 2 unspecified atom stereocenters. The second-order valence-electron chi connectivity index (χ2n) is 4.94. The molecule has 0 saturated carbocycles. The van der Waals surface area contributed by atoms with E-state index in [0.717, 1.165) is 12.1 Å². The molecule has 1 N–H and O–H groups in total. The molecule has 1 fully saturated rings. The number of hydrogen-bond acceptors (Lipinski definition) is 2. The molecule has 0 aromatic heterocycles. The standard InChI is InChI=1S/C14H19NS/c1-2-4-12-9-13(6-5-11(12)3-1)15-14-7-8-16-10-14/h1-4,13-15H,5-10H2. The molecular weight excluding hydrogens is 214 g/mol. The fraction of sp³-hybridized carbons (Fsp3) is 0.571. The first kappa shape index (κ1) is 10.7. The van der Waals surface area contributed by atoms with Crippen molar-refractivity contribution in [1.82, 2.24) is 5.32 Å². The molecule has 2 atom stereocenters. The van der Waals surface area contributed by atoms with Crippen LogP contribution in [0.2, 0.25) is 0 Å². The molecule has 0 spiro atoms. The lowest BCUT2D eigenvalue weighted by molar-refractivity contribution is 0.411. The molecule has 86 valence electrons. The third-order valence-electron chi connectivity index (χ3n) is 3.75. The molecule has 2 aliphatic rings. The summed E-state index contributed by atoms with van der Waals surface area (Å²) in [5.74, 6) is 2.67. The van der Waals surface area contributed by atoms with Gasteiger partial charge in [-0.05, 0) is 42.6 Å². The minimum absolute atomic E-state index is 0.721. The topological polar surface area (TPSA) is 12.0 Å². The summed E-state index contributed by atoms with van der Waals surface area (Å²) < 4.78 is 0. The maximum Gasteiger partial charge on any atom is 0.0168 e. The van der Waals surface area contributed by atoms with Gasteiger partial charge in [-0.25, -0.2) is 0 Å². The van der Waals surface area contributed by atoms with Crippen LogP contribution in [0.5, 0.6) is 0 Å². The van der Waals surface area contributed by atoms with Gasteiger partial charge in [0.2, 0.25) is 0 Å². The highest BCUT2D eigenvalue weighted by molar-refractivity contribution is 7.99.